The van der Waals surface area contributed by atoms with Gasteiger partial charge in [-0.05, 0) is 23.3 Å². The number of quaternary nitrogens is 1. The number of aliphatic carboxylic acids is 2. The van der Waals surface area contributed by atoms with E-state index in [-0.39, 0.29) is 56.0 Å². The van der Waals surface area contributed by atoms with E-state index in [2.05, 4.69) is 17.9 Å². The Labute approximate surface area is 471 Å². The van der Waals surface area contributed by atoms with Crippen LogP contribution in [0, 0.1) is 0 Å². The molecule has 32 heteroatoms. The summed E-state index contributed by atoms with van der Waals surface area (Å²) < 4.78 is 80.4. The van der Waals surface area contributed by atoms with Crippen LogP contribution in [0.5, 0.6) is 11.5 Å². The zero-order valence-corrected chi connectivity index (χ0v) is 47.0. The molecule has 0 spiro atoms. The van der Waals surface area contributed by atoms with E-state index in [1.54, 1.807) is 0 Å². The van der Waals surface area contributed by atoms with Gasteiger partial charge >= 0.3 is 29.6 Å². The summed E-state index contributed by atoms with van der Waals surface area (Å²) in [6, 6.07) is 4.73. The maximum atomic E-state index is 10.2. The average Bonchev–Trinajstić information content (AvgIpc) is 4.03. The minimum absolute atomic E-state index is 0. The Morgan fingerprint density at radius 1 is 0.487 bits per heavy atom. The van der Waals surface area contributed by atoms with Gasteiger partial charge in [-0.25, -0.2) is 0 Å². The van der Waals surface area contributed by atoms with Crippen molar-refractivity contribution in [3.05, 3.63) is 23.3 Å². The minimum atomic E-state index is -1.36. The number of methoxy groups -OCH3 is 8. The number of fused-ring (bicyclic) bond motifs is 2. The van der Waals surface area contributed by atoms with E-state index in [1.807, 2.05) is 0 Å². The maximum Gasteiger partial charge on any atom is 1.00 e. The molecule has 5 heterocycles. The number of benzene rings is 1. The molecular formula is C46H78NNaO30. The van der Waals surface area contributed by atoms with Gasteiger partial charge in [-0.2, -0.15) is 0 Å². The van der Waals surface area contributed by atoms with Crippen molar-refractivity contribution in [2.24, 2.45) is 0 Å². The summed E-state index contributed by atoms with van der Waals surface area (Å²) in [6.07, 6.45) is -17.4. The molecule has 0 aromatic heterocycles. The number of aliphatic hydroxyl groups excluding tert-OH is 10. The Morgan fingerprint density at radius 3 is 1.00 bits per heavy atom. The minimum Gasteiger partial charge on any atom is -0.548 e. The molecule has 31 nitrogen and oxygen atoms in total. The van der Waals surface area contributed by atoms with Crippen LogP contribution in [0.3, 0.4) is 0 Å². The number of hydrogen-bond donors (Lipinski definition) is 11. The van der Waals surface area contributed by atoms with Crippen molar-refractivity contribution in [1.82, 2.24) is 0 Å². The van der Waals surface area contributed by atoms with Gasteiger partial charge in [0.15, 0.2) is 36.7 Å². The van der Waals surface area contributed by atoms with Crippen LogP contribution in [0.15, 0.2) is 12.1 Å². The quantitative estimate of drug-likeness (QED) is 0.0608. The second-order valence-electron chi connectivity index (χ2n) is 17.7. The SMILES string of the molecule is COC1OC(CO)C(OC)C(O)C1O.COC1OC(CO)C(OC)C(O)C1O.COC1OC(COCC(=O)[O-])C(OC)C(O)C1O.COC1OC(COCC(=O)[O-])C(OC)C(O)C1O.[NH3+]C1Cc2cc3c(cc2C1)OCO3.[Na+]. The van der Waals surface area contributed by atoms with Crippen LogP contribution in [-0.2, 0) is 88.7 Å². The van der Waals surface area contributed by atoms with Gasteiger partial charge in [-0.3, -0.25) is 0 Å². The van der Waals surface area contributed by atoms with Gasteiger partial charge in [0.05, 0.1) is 57.6 Å². The fraction of sp³-hybridized carbons (Fsp3) is 0.826. The summed E-state index contributed by atoms with van der Waals surface area (Å²) in [7, 11) is 10.7. The number of aliphatic hydroxyl groups is 10. The Bertz CT molecular complexity index is 1720. The normalized spacial score (nSPS) is 35.8. The van der Waals surface area contributed by atoms with E-state index in [0.717, 1.165) is 24.3 Å². The first-order chi connectivity index (χ1) is 36.6. The summed E-state index contributed by atoms with van der Waals surface area (Å²) >= 11 is 0. The summed E-state index contributed by atoms with van der Waals surface area (Å²) in [5.41, 5.74) is 6.83. The molecule has 20 atom stereocenters. The van der Waals surface area contributed by atoms with E-state index in [9.17, 15) is 60.7 Å². The average molecular weight is 1150 g/mol. The van der Waals surface area contributed by atoms with Crippen LogP contribution in [0.4, 0.5) is 0 Å². The van der Waals surface area contributed by atoms with Crippen LogP contribution in [-0.4, -0.2) is 295 Å². The number of rotatable bonds is 18. The molecule has 0 bridgehead atoms. The van der Waals surface area contributed by atoms with Crippen molar-refractivity contribution in [1.29, 1.82) is 0 Å². The second kappa shape index (κ2) is 36.4. The summed E-state index contributed by atoms with van der Waals surface area (Å²) in [5, 5.41) is 115. The van der Waals surface area contributed by atoms with Gasteiger partial charge in [0.2, 0.25) is 6.79 Å². The molecule has 4 saturated heterocycles. The molecule has 78 heavy (non-hydrogen) atoms. The first kappa shape index (κ1) is 71.9. The molecular weight excluding hydrogens is 1070 g/mol. The molecule has 1 aromatic rings. The molecule has 0 amide bonds. The maximum absolute atomic E-state index is 10.2. The predicted molar refractivity (Wildman–Crippen MR) is 246 cm³/mol. The van der Waals surface area contributed by atoms with E-state index in [1.165, 1.54) is 68.0 Å². The molecule has 4 fully saturated rings. The van der Waals surface area contributed by atoms with Crippen molar-refractivity contribution >= 4 is 11.9 Å². The monoisotopic (exact) mass is 1150 g/mol. The van der Waals surface area contributed by atoms with Crippen LogP contribution in [0.1, 0.15) is 11.1 Å². The van der Waals surface area contributed by atoms with Gasteiger partial charge in [-0.15, -0.1) is 0 Å². The van der Waals surface area contributed by atoms with Gasteiger partial charge < -0.3 is 152 Å². The molecule has 1 aromatic carbocycles. The van der Waals surface area contributed by atoms with E-state index >= 15 is 0 Å². The molecule has 5 aliphatic heterocycles. The molecule has 448 valence electrons. The molecule has 7 rings (SSSR count). The van der Waals surface area contributed by atoms with E-state index in [0.29, 0.717) is 12.8 Å². The van der Waals surface area contributed by atoms with Gasteiger partial charge in [0, 0.05) is 69.7 Å². The summed E-state index contributed by atoms with van der Waals surface area (Å²) in [5.74, 6) is -0.923. The van der Waals surface area contributed by atoms with Gasteiger partial charge in [0.1, 0.15) is 97.7 Å². The topological polar surface area (TPSA) is 458 Å². The summed E-state index contributed by atoms with van der Waals surface area (Å²) in [6.45, 7) is -1.68. The number of ether oxygens (including phenoxy) is 16. The van der Waals surface area contributed by atoms with Crippen LogP contribution < -0.4 is 55.0 Å². The second-order valence-corrected chi connectivity index (χ2v) is 17.7. The van der Waals surface area contributed by atoms with Gasteiger partial charge in [0.25, 0.3) is 0 Å². The number of carboxylic acids is 2. The molecule has 20 unspecified atom stereocenters. The number of carbonyl (C=O) groups excluding carboxylic acids is 2. The first-order valence-corrected chi connectivity index (χ1v) is 24.0. The number of hydrogen-bond acceptors (Lipinski definition) is 30. The van der Waals surface area contributed by atoms with Crippen molar-refractivity contribution in [2.45, 2.75) is 142 Å². The predicted octanol–water partition coefficient (Wildman–Crippen LogP) is -13.0. The van der Waals surface area contributed by atoms with Crippen molar-refractivity contribution in [2.75, 3.05) is 103 Å². The van der Waals surface area contributed by atoms with Crippen LogP contribution in [0.25, 0.3) is 0 Å². The third kappa shape index (κ3) is 20.0. The fourth-order valence-electron chi connectivity index (χ4n) is 8.75. The smallest absolute Gasteiger partial charge is 0.548 e. The van der Waals surface area contributed by atoms with Crippen LogP contribution >= 0.6 is 0 Å². The molecule has 1 aliphatic carbocycles. The van der Waals surface area contributed by atoms with Crippen LogP contribution in [0.2, 0.25) is 0 Å². The zero-order valence-electron chi connectivity index (χ0n) is 45.0. The Kier molecular flexibility index (Phi) is 33.5. The van der Waals surface area contributed by atoms with E-state index in [4.69, 9.17) is 86.0 Å². The van der Waals surface area contributed by atoms with Crippen molar-refractivity contribution in [3.63, 3.8) is 0 Å². The van der Waals surface area contributed by atoms with Gasteiger partial charge in [-0.1, -0.05) is 0 Å². The molecule has 13 N–H and O–H groups in total. The zero-order chi connectivity index (χ0) is 57.7. The first-order valence-electron chi connectivity index (χ1n) is 24.0. The Balaban J connectivity index is 0.000000334. The van der Waals surface area contributed by atoms with E-state index < -0.39 is 148 Å². The molecule has 6 aliphatic rings. The Morgan fingerprint density at radius 2 is 0.756 bits per heavy atom. The molecule has 0 radical (unpaired) electrons. The number of carboxylic acid groups (broad SMARTS) is 2. The number of carbonyl (C=O) groups is 2. The largest absolute Gasteiger partial charge is 1.00 e. The third-order valence-corrected chi connectivity index (χ3v) is 12.7. The van der Waals surface area contributed by atoms with Crippen molar-refractivity contribution < 1.29 is 182 Å². The summed E-state index contributed by atoms with van der Waals surface area (Å²) in [4.78, 5) is 20.4. The standard InChI is InChI=1S/C10H11NO2.2C10H18O8.2C8H16O6.Na/c11-8-1-6-3-9-10(13-5-12-9)4-7(6)2-8;2*1-15-9-5(3-17-4-6(11)12)18-10(16-2)8(14)7(9)13;2*1-12-7-4(3-9)14-8(13-2)6(11)5(7)10;/h3-4,8H,1-2,5,11H2;2*5,7-10,13-14H,3-4H2,1-2H3,(H,11,12);2*4-11H,3H2,1-2H3;/q;;;;;+1/p-1. The molecule has 0 saturated carbocycles. The fourth-order valence-corrected chi connectivity index (χ4v) is 8.75. The third-order valence-electron chi connectivity index (χ3n) is 12.7. The Hall–Kier alpha value is -2.24. The van der Waals surface area contributed by atoms with Crippen molar-refractivity contribution in [3.8, 4) is 11.5 Å².